The number of benzene rings is 1. The van der Waals surface area contributed by atoms with Crippen LogP contribution in [0, 0.1) is 5.82 Å². The predicted molar refractivity (Wildman–Crippen MR) is 54.4 cm³/mol. The standard InChI is InChI=1S/C9H12ClFN2O/c1-9(13,4-14)6-2-5(10)3-7(11)8(6)12/h2-3,14H,4,12-13H2,1H3. The van der Waals surface area contributed by atoms with Crippen LogP contribution < -0.4 is 11.5 Å². The number of aliphatic hydroxyl groups excluding tert-OH is 1. The van der Waals surface area contributed by atoms with E-state index in [2.05, 4.69) is 0 Å². The van der Waals surface area contributed by atoms with Crippen LogP contribution in [0.1, 0.15) is 12.5 Å². The van der Waals surface area contributed by atoms with Crippen molar-refractivity contribution in [2.45, 2.75) is 12.5 Å². The summed E-state index contributed by atoms with van der Waals surface area (Å²) in [5, 5.41) is 9.21. The van der Waals surface area contributed by atoms with Crippen LogP contribution in [0.2, 0.25) is 5.02 Å². The molecule has 0 saturated heterocycles. The molecule has 0 heterocycles. The Labute approximate surface area is 86.5 Å². The first-order valence-electron chi connectivity index (χ1n) is 4.03. The molecular formula is C9H12ClFN2O. The van der Waals surface area contributed by atoms with E-state index in [0.29, 0.717) is 5.56 Å². The summed E-state index contributed by atoms with van der Waals surface area (Å²) in [6.45, 7) is 1.21. The molecule has 0 aromatic heterocycles. The van der Waals surface area contributed by atoms with Crippen molar-refractivity contribution in [1.82, 2.24) is 0 Å². The molecule has 0 aliphatic carbocycles. The molecule has 0 aliphatic heterocycles. The molecule has 14 heavy (non-hydrogen) atoms. The number of halogens is 2. The lowest BCUT2D eigenvalue weighted by atomic mass is 9.92. The van der Waals surface area contributed by atoms with Gasteiger partial charge in [0.25, 0.3) is 0 Å². The Balaban J connectivity index is 3.34. The first-order chi connectivity index (χ1) is 6.38. The first-order valence-corrected chi connectivity index (χ1v) is 4.41. The van der Waals surface area contributed by atoms with Crippen molar-refractivity contribution in [1.29, 1.82) is 0 Å². The molecule has 1 unspecified atom stereocenters. The lowest BCUT2D eigenvalue weighted by Crippen LogP contribution is -2.37. The van der Waals surface area contributed by atoms with E-state index in [9.17, 15) is 4.39 Å². The molecular weight excluding hydrogens is 207 g/mol. The molecule has 1 atom stereocenters. The maximum atomic E-state index is 13.2. The largest absolute Gasteiger partial charge is 0.396 e. The van der Waals surface area contributed by atoms with Crippen molar-refractivity contribution in [3.8, 4) is 0 Å². The summed E-state index contributed by atoms with van der Waals surface area (Å²) >= 11 is 5.65. The molecule has 0 radical (unpaired) electrons. The van der Waals surface area contributed by atoms with Crippen molar-refractivity contribution in [2.24, 2.45) is 5.73 Å². The molecule has 78 valence electrons. The van der Waals surface area contributed by atoms with E-state index in [1.54, 1.807) is 6.92 Å². The number of hydrogen-bond donors (Lipinski definition) is 3. The Kier molecular flexibility index (Phi) is 2.99. The van der Waals surface area contributed by atoms with Crippen molar-refractivity contribution in [3.05, 3.63) is 28.5 Å². The van der Waals surface area contributed by atoms with Gasteiger partial charge in [-0.25, -0.2) is 4.39 Å². The monoisotopic (exact) mass is 218 g/mol. The first kappa shape index (κ1) is 11.2. The van der Waals surface area contributed by atoms with Gasteiger partial charge in [-0.15, -0.1) is 0 Å². The highest BCUT2D eigenvalue weighted by molar-refractivity contribution is 6.30. The minimum atomic E-state index is -1.09. The smallest absolute Gasteiger partial charge is 0.147 e. The van der Waals surface area contributed by atoms with Crippen LogP contribution in [0.25, 0.3) is 0 Å². The van der Waals surface area contributed by atoms with Crippen molar-refractivity contribution in [3.63, 3.8) is 0 Å². The minimum absolute atomic E-state index is 0.0755. The molecule has 0 aliphatic rings. The molecule has 0 amide bonds. The van der Waals surface area contributed by atoms with E-state index < -0.39 is 11.4 Å². The predicted octanol–water partition coefficient (Wildman–Crippen LogP) is 1.23. The Morgan fingerprint density at radius 3 is 2.64 bits per heavy atom. The van der Waals surface area contributed by atoms with Gasteiger partial charge in [0, 0.05) is 10.6 Å². The van der Waals surface area contributed by atoms with Gasteiger partial charge in [-0.3, -0.25) is 0 Å². The van der Waals surface area contributed by atoms with Gasteiger partial charge in [-0.05, 0) is 19.1 Å². The summed E-state index contributed by atoms with van der Waals surface area (Å²) in [7, 11) is 0. The van der Waals surface area contributed by atoms with Crippen LogP contribution >= 0.6 is 11.6 Å². The van der Waals surface area contributed by atoms with Gasteiger partial charge in [0.1, 0.15) is 5.82 Å². The topological polar surface area (TPSA) is 72.3 Å². The minimum Gasteiger partial charge on any atom is -0.396 e. The third-order valence-corrected chi connectivity index (χ3v) is 2.26. The normalized spacial score (nSPS) is 15.2. The Bertz CT molecular complexity index is 355. The molecule has 5 N–H and O–H groups in total. The maximum Gasteiger partial charge on any atom is 0.147 e. The second-order valence-electron chi connectivity index (χ2n) is 3.42. The average molecular weight is 219 g/mol. The molecule has 1 aromatic carbocycles. The quantitative estimate of drug-likeness (QED) is 0.654. The highest BCUT2D eigenvalue weighted by Crippen LogP contribution is 2.29. The van der Waals surface area contributed by atoms with E-state index in [-0.39, 0.29) is 17.3 Å². The van der Waals surface area contributed by atoms with Gasteiger partial charge in [0.05, 0.1) is 17.8 Å². The molecule has 5 heteroatoms. The highest BCUT2D eigenvalue weighted by atomic mass is 35.5. The molecule has 0 bridgehead atoms. The van der Waals surface area contributed by atoms with Gasteiger partial charge in [-0.1, -0.05) is 11.6 Å². The molecule has 1 rings (SSSR count). The van der Waals surface area contributed by atoms with Crippen molar-refractivity contribution >= 4 is 17.3 Å². The third kappa shape index (κ3) is 1.97. The lowest BCUT2D eigenvalue weighted by molar-refractivity contribution is 0.210. The van der Waals surface area contributed by atoms with Crippen LogP contribution in [-0.4, -0.2) is 11.7 Å². The Morgan fingerprint density at radius 1 is 1.57 bits per heavy atom. The second-order valence-corrected chi connectivity index (χ2v) is 3.86. The number of nitrogens with two attached hydrogens (primary N) is 2. The van der Waals surface area contributed by atoms with Gasteiger partial charge in [-0.2, -0.15) is 0 Å². The zero-order valence-electron chi connectivity index (χ0n) is 7.72. The van der Waals surface area contributed by atoms with Crippen LogP contribution in [0.3, 0.4) is 0 Å². The molecule has 0 fully saturated rings. The fraction of sp³-hybridized carbons (Fsp3) is 0.333. The average Bonchev–Trinajstić information content (AvgIpc) is 2.11. The van der Waals surface area contributed by atoms with Crippen LogP contribution in [0.4, 0.5) is 10.1 Å². The molecule has 0 spiro atoms. The van der Waals surface area contributed by atoms with E-state index >= 15 is 0 Å². The number of nitrogen functional groups attached to an aromatic ring is 1. The summed E-state index contributed by atoms with van der Waals surface area (Å²) in [5.41, 5.74) is 10.4. The van der Waals surface area contributed by atoms with Crippen LogP contribution in [-0.2, 0) is 5.54 Å². The Hall–Kier alpha value is -0.840. The number of anilines is 1. The molecule has 1 aromatic rings. The van der Waals surface area contributed by atoms with Gasteiger partial charge in [0.15, 0.2) is 0 Å². The van der Waals surface area contributed by atoms with Crippen LogP contribution in [0.15, 0.2) is 12.1 Å². The van der Waals surface area contributed by atoms with Gasteiger partial charge < -0.3 is 16.6 Å². The number of aliphatic hydroxyl groups is 1. The number of hydrogen-bond acceptors (Lipinski definition) is 3. The van der Waals surface area contributed by atoms with Gasteiger partial charge >= 0.3 is 0 Å². The lowest BCUT2D eigenvalue weighted by Gasteiger charge is -2.24. The van der Waals surface area contributed by atoms with Crippen molar-refractivity contribution in [2.75, 3.05) is 12.3 Å². The maximum absolute atomic E-state index is 13.2. The molecule has 0 saturated carbocycles. The highest BCUT2D eigenvalue weighted by Gasteiger charge is 2.24. The van der Waals surface area contributed by atoms with E-state index in [1.165, 1.54) is 6.07 Å². The van der Waals surface area contributed by atoms with E-state index in [4.69, 9.17) is 28.2 Å². The fourth-order valence-electron chi connectivity index (χ4n) is 1.14. The Morgan fingerprint density at radius 2 is 2.14 bits per heavy atom. The zero-order valence-corrected chi connectivity index (χ0v) is 8.48. The summed E-state index contributed by atoms with van der Waals surface area (Å²) in [6.07, 6.45) is 0. The van der Waals surface area contributed by atoms with E-state index in [0.717, 1.165) is 6.07 Å². The summed E-state index contributed by atoms with van der Waals surface area (Å²) in [6, 6.07) is 2.56. The summed E-state index contributed by atoms with van der Waals surface area (Å²) < 4.78 is 13.2. The number of rotatable bonds is 2. The fourth-order valence-corrected chi connectivity index (χ4v) is 1.35. The summed E-state index contributed by atoms with van der Waals surface area (Å²) in [4.78, 5) is 0. The zero-order chi connectivity index (χ0) is 10.9. The van der Waals surface area contributed by atoms with Crippen LogP contribution in [0.5, 0.6) is 0 Å². The third-order valence-electron chi connectivity index (χ3n) is 2.04. The second kappa shape index (κ2) is 3.73. The van der Waals surface area contributed by atoms with E-state index in [1.807, 2.05) is 0 Å². The summed E-state index contributed by atoms with van der Waals surface area (Å²) in [5.74, 6) is -0.627. The van der Waals surface area contributed by atoms with Crippen molar-refractivity contribution < 1.29 is 9.50 Å². The SMILES string of the molecule is CC(N)(CO)c1cc(Cl)cc(F)c1N. The van der Waals surface area contributed by atoms with Gasteiger partial charge in [0.2, 0.25) is 0 Å². The molecule has 3 nitrogen and oxygen atoms in total.